The molecule has 0 N–H and O–H groups in total. The van der Waals surface area contributed by atoms with Crippen LogP contribution in [0.4, 0.5) is 13.2 Å². The van der Waals surface area contributed by atoms with Crippen LogP contribution in [-0.2, 0) is 0 Å². The molecule has 0 radical (unpaired) electrons. The van der Waals surface area contributed by atoms with Gasteiger partial charge in [0.25, 0.3) is 0 Å². The molecule has 0 bridgehead atoms. The molecule has 3 aromatic rings. The van der Waals surface area contributed by atoms with Crippen LogP contribution in [-0.4, -0.2) is 19.5 Å². The quantitative estimate of drug-likeness (QED) is 0.254. The van der Waals surface area contributed by atoms with Gasteiger partial charge in [-0.3, -0.25) is 4.79 Å². The van der Waals surface area contributed by atoms with Crippen molar-refractivity contribution in [3.05, 3.63) is 124 Å². The molecule has 0 heterocycles. The molecule has 2 aliphatic rings. The lowest BCUT2D eigenvalue weighted by molar-refractivity contribution is 0.0925. The summed E-state index contributed by atoms with van der Waals surface area (Å²) in [6.07, 6.45) is 7.21. The van der Waals surface area contributed by atoms with Crippen LogP contribution in [0.3, 0.4) is 0 Å². The average molecular weight is 545 g/mol. The number of methoxy groups -OCH3 is 1. The fourth-order valence-electron chi connectivity index (χ4n) is 5.53. The molecule has 0 saturated carbocycles. The van der Waals surface area contributed by atoms with Gasteiger partial charge >= 0.3 is 0 Å². The van der Waals surface area contributed by atoms with Crippen LogP contribution in [0.15, 0.2) is 90.0 Å². The Bertz CT molecular complexity index is 1500. The van der Waals surface area contributed by atoms with Crippen molar-refractivity contribution in [1.82, 2.24) is 0 Å². The van der Waals surface area contributed by atoms with Crippen LogP contribution in [0.5, 0.6) is 11.5 Å². The number of rotatable bonds is 9. The zero-order valence-corrected chi connectivity index (χ0v) is 22.7. The van der Waals surface area contributed by atoms with E-state index in [2.05, 4.69) is 26.0 Å². The Morgan fingerprint density at radius 1 is 0.950 bits per heavy atom. The maximum absolute atomic E-state index is 14.7. The van der Waals surface area contributed by atoms with Gasteiger partial charge in [0, 0.05) is 17.4 Å². The third-order valence-electron chi connectivity index (χ3n) is 7.71. The summed E-state index contributed by atoms with van der Waals surface area (Å²) in [6.45, 7) is 4.71. The number of allylic oxidation sites excluding steroid dienone is 5. The van der Waals surface area contributed by atoms with Crippen molar-refractivity contribution in [3.8, 4) is 11.5 Å². The van der Waals surface area contributed by atoms with E-state index in [0.717, 1.165) is 35.3 Å². The molecule has 2 unspecified atom stereocenters. The highest BCUT2D eigenvalue weighted by molar-refractivity contribution is 6.02. The number of para-hydroxylation sites is 1. The van der Waals surface area contributed by atoms with Crippen LogP contribution < -0.4 is 9.47 Å². The van der Waals surface area contributed by atoms with Crippen LogP contribution >= 0.6 is 0 Å². The fraction of sp³-hybridized carbons (Fsp3) is 0.265. The predicted molar refractivity (Wildman–Crippen MR) is 150 cm³/mol. The smallest absolute Gasteiger partial charge is 0.176 e. The molecule has 206 valence electrons. The van der Waals surface area contributed by atoms with Crippen LogP contribution in [0.25, 0.3) is 5.57 Å². The van der Waals surface area contributed by atoms with E-state index in [1.54, 1.807) is 18.2 Å². The molecule has 0 spiro atoms. The Hall–Kier alpha value is -4.06. The van der Waals surface area contributed by atoms with E-state index in [-0.39, 0.29) is 5.82 Å². The molecule has 3 nitrogen and oxygen atoms in total. The van der Waals surface area contributed by atoms with E-state index in [4.69, 9.17) is 9.47 Å². The number of carbonyl (C=O) groups is 1. The van der Waals surface area contributed by atoms with Crippen molar-refractivity contribution < 1.29 is 27.4 Å². The molecule has 5 rings (SSSR count). The van der Waals surface area contributed by atoms with E-state index < -0.39 is 34.8 Å². The number of ketones is 1. The summed E-state index contributed by atoms with van der Waals surface area (Å²) >= 11 is 0. The molecular weight excluding hydrogens is 513 g/mol. The minimum Gasteiger partial charge on any atom is -0.493 e. The second-order valence-electron chi connectivity index (χ2n) is 10.6. The average Bonchev–Trinajstić information content (AvgIpc) is 3.60. The Kier molecular flexibility index (Phi) is 7.97. The van der Waals surface area contributed by atoms with Gasteiger partial charge in [-0.15, -0.1) is 0 Å². The van der Waals surface area contributed by atoms with Gasteiger partial charge in [-0.1, -0.05) is 68.0 Å². The highest BCUT2D eigenvalue weighted by Crippen LogP contribution is 2.49. The van der Waals surface area contributed by atoms with Gasteiger partial charge in [0.2, 0.25) is 0 Å². The highest BCUT2D eigenvalue weighted by Gasteiger charge is 2.38. The lowest BCUT2D eigenvalue weighted by atomic mass is 9.82. The number of carbonyl (C=O) groups excluding carboxylic acids is 1. The lowest BCUT2D eigenvalue weighted by Crippen LogP contribution is -2.21. The van der Waals surface area contributed by atoms with E-state index in [0.29, 0.717) is 36.0 Å². The first-order chi connectivity index (χ1) is 19.3. The Labute approximate surface area is 232 Å². The summed E-state index contributed by atoms with van der Waals surface area (Å²) in [7, 11) is 1.54. The van der Waals surface area contributed by atoms with Crippen molar-refractivity contribution in [2.75, 3.05) is 13.7 Å². The van der Waals surface area contributed by atoms with Crippen molar-refractivity contribution >= 4 is 11.4 Å². The second-order valence-corrected chi connectivity index (χ2v) is 10.6. The topological polar surface area (TPSA) is 35.5 Å². The largest absolute Gasteiger partial charge is 0.493 e. The molecule has 0 saturated heterocycles. The number of ether oxygens (including phenoxy) is 2. The molecule has 0 aliphatic heterocycles. The molecule has 0 fully saturated rings. The first kappa shape index (κ1) is 27.5. The lowest BCUT2D eigenvalue weighted by Gasteiger charge is -2.23. The SMILES string of the molecule is COc1c(OCC2=CC=C(C(C)C)C2)cccc1C1CC(c2ccc(F)cc2)=CC1C(=O)c1c(F)cccc1F. The normalized spacial score (nSPS) is 18.4. The molecular formula is C34H31F3O3. The summed E-state index contributed by atoms with van der Waals surface area (Å²) < 4.78 is 55.0. The van der Waals surface area contributed by atoms with Crippen molar-refractivity contribution in [2.45, 2.75) is 32.6 Å². The van der Waals surface area contributed by atoms with Gasteiger partial charge in [-0.2, -0.15) is 0 Å². The van der Waals surface area contributed by atoms with E-state index in [9.17, 15) is 18.0 Å². The monoisotopic (exact) mass is 544 g/mol. The van der Waals surface area contributed by atoms with Gasteiger partial charge in [-0.25, -0.2) is 13.2 Å². The minimum atomic E-state index is -0.907. The standard InChI is InChI=1S/C34H31F3O3/c1-20(2)23-11-10-21(16-23)19-40-31-9-4-6-26(34(31)39-3)27-17-24(22-12-14-25(35)15-13-22)18-28(27)33(38)32-29(36)7-5-8-30(32)37/h4-15,18,20,27-28H,16-17,19H2,1-3H3. The predicted octanol–water partition coefficient (Wildman–Crippen LogP) is 8.47. The highest BCUT2D eigenvalue weighted by atomic mass is 19.1. The molecule has 0 amide bonds. The molecule has 3 aromatic carbocycles. The summed E-state index contributed by atoms with van der Waals surface area (Å²) in [5.74, 6) is -2.73. The summed E-state index contributed by atoms with van der Waals surface area (Å²) in [6, 6.07) is 14.9. The first-order valence-corrected chi connectivity index (χ1v) is 13.4. The number of hydrogen-bond acceptors (Lipinski definition) is 3. The number of Topliss-reactive ketones (excluding diaryl/α,β-unsaturated/α-hetero) is 1. The third kappa shape index (κ3) is 5.48. The number of benzene rings is 3. The van der Waals surface area contributed by atoms with Crippen LogP contribution in [0.2, 0.25) is 0 Å². The van der Waals surface area contributed by atoms with Gasteiger partial charge in [0.15, 0.2) is 17.3 Å². The summed E-state index contributed by atoms with van der Waals surface area (Å²) in [5, 5.41) is 0. The van der Waals surface area contributed by atoms with Crippen molar-refractivity contribution in [1.29, 1.82) is 0 Å². The van der Waals surface area contributed by atoms with Gasteiger partial charge in [0.1, 0.15) is 24.1 Å². The summed E-state index contributed by atoms with van der Waals surface area (Å²) in [5.41, 5.74) is 4.17. The van der Waals surface area contributed by atoms with Gasteiger partial charge in [0.05, 0.1) is 12.7 Å². The Morgan fingerprint density at radius 2 is 1.65 bits per heavy atom. The van der Waals surface area contributed by atoms with Crippen LogP contribution in [0.1, 0.15) is 54.1 Å². The maximum Gasteiger partial charge on any atom is 0.176 e. The van der Waals surface area contributed by atoms with Crippen LogP contribution in [0, 0.1) is 29.3 Å². The second kappa shape index (κ2) is 11.6. The number of halogens is 3. The van der Waals surface area contributed by atoms with Crippen molar-refractivity contribution in [3.63, 3.8) is 0 Å². The first-order valence-electron chi connectivity index (χ1n) is 13.4. The number of hydrogen-bond donors (Lipinski definition) is 0. The zero-order valence-electron chi connectivity index (χ0n) is 22.7. The van der Waals surface area contributed by atoms with Gasteiger partial charge < -0.3 is 9.47 Å². The van der Waals surface area contributed by atoms with E-state index in [1.165, 1.54) is 30.9 Å². The minimum absolute atomic E-state index is 0.375. The van der Waals surface area contributed by atoms with E-state index in [1.807, 2.05) is 18.2 Å². The molecule has 2 atom stereocenters. The summed E-state index contributed by atoms with van der Waals surface area (Å²) in [4.78, 5) is 13.7. The van der Waals surface area contributed by atoms with E-state index >= 15 is 0 Å². The van der Waals surface area contributed by atoms with Crippen molar-refractivity contribution in [2.24, 2.45) is 11.8 Å². The maximum atomic E-state index is 14.7. The van der Waals surface area contributed by atoms with Gasteiger partial charge in [-0.05, 0) is 65.8 Å². The zero-order chi connectivity index (χ0) is 28.4. The molecule has 6 heteroatoms. The Morgan fingerprint density at radius 3 is 2.30 bits per heavy atom. The Balaban J connectivity index is 1.49. The third-order valence-corrected chi connectivity index (χ3v) is 7.71. The molecule has 0 aromatic heterocycles. The molecule has 2 aliphatic carbocycles. The molecule has 40 heavy (non-hydrogen) atoms. The fourth-order valence-corrected chi connectivity index (χ4v) is 5.53.